The maximum Gasteiger partial charge on any atom is 0.269 e. The summed E-state index contributed by atoms with van der Waals surface area (Å²) < 4.78 is 26.9. The van der Waals surface area contributed by atoms with E-state index in [0.29, 0.717) is 18.8 Å². The van der Waals surface area contributed by atoms with Crippen LogP contribution < -0.4 is 0 Å². The summed E-state index contributed by atoms with van der Waals surface area (Å²) in [6.07, 6.45) is 0. The van der Waals surface area contributed by atoms with Crippen LogP contribution in [0, 0.1) is 17.0 Å². The first-order valence-electron chi connectivity index (χ1n) is 9.43. The first kappa shape index (κ1) is 22.3. The first-order chi connectivity index (χ1) is 14.3. The average molecular weight is 450 g/mol. The molecule has 1 fully saturated rings. The van der Waals surface area contributed by atoms with E-state index in [2.05, 4.69) is 0 Å². The highest BCUT2D eigenvalue weighted by molar-refractivity contribution is 7.99. The second-order valence-electron chi connectivity index (χ2n) is 7.01. The van der Waals surface area contributed by atoms with Gasteiger partial charge in [-0.15, -0.1) is 11.8 Å². The quantitative estimate of drug-likeness (QED) is 0.476. The molecular formula is C20H23N3O5S2. The van der Waals surface area contributed by atoms with Crippen molar-refractivity contribution in [3.63, 3.8) is 0 Å². The number of nitro benzene ring substituents is 1. The van der Waals surface area contributed by atoms with Gasteiger partial charge in [-0.3, -0.25) is 14.9 Å². The van der Waals surface area contributed by atoms with Crippen LogP contribution in [0.25, 0.3) is 0 Å². The molecule has 0 N–H and O–H groups in total. The number of benzene rings is 2. The maximum absolute atomic E-state index is 12.7. The molecule has 0 bridgehead atoms. The Balaban J connectivity index is 1.47. The molecular weight excluding hydrogens is 426 g/mol. The Morgan fingerprint density at radius 2 is 1.63 bits per heavy atom. The number of nitro groups is 1. The van der Waals surface area contributed by atoms with E-state index in [1.54, 1.807) is 41.3 Å². The van der Waals surface area contributed by atoms with Gasteiger partial charge in [0.1, 0.15) is 0 Å². The normalized spacial score (nSPS) is 15.2. The summed E-state index contributed by atoms with van der Waals surface area (Å²) in [5.41, 5.74) is 1.95. The van der Waals surface area contributed by atoms with E-state index in [-0.39, 0.29) is 35.3 Å². The van der Waals surface area contributed by atoms with Crippen molar-refractivity contribution in [3.05, 3.63) is 69.8 Å². The van der Waals surface area contributed by atoms with E-state index in [9.17, 15) is 23.3 Å². The molecule has 1 amide bonds. The number of amides is 1. The van der Waals surface area contributed by atoms with Gasteiger partial charge in [0.15, 0.2) is 0 Å². The van der Waals surface area contributed by atoms with E-state index < -0.39 is 14.9 Å². The molecule has 0 atom stereocenters. The molecule has 0 radical (unpaired) electrons. The van der Waals surface area contributed by atoms with Gasteiger partial charge in [0.05, 0.1) is 15.6 Å². The van der Waals surface area contributed by atoms with Crippen LogP contribution in [-0.2, 0) is 20.6 Å². The lowest BCUT2D eigenvalue weighted by atomic mass is 10.2. The van der Waals surface area contributed by atoms with E-state index in [1.807, 2.05) is 6.92 Å². The third-order valence-corrected chi connectivity index (χ3v) is 7.79. The summed E-state index contributed by atoms with van der Waals surface area (Å²) in [4.78, 5) is 24.6. The molecule has 10 heteroatoms. The Bertz CT molecular complexity index is 1000. The Hall–Kier alpha value is -2.43. The zero-order valence-electron chi connectivity index (χ0n) is 16.6. The summed E-state index contributed by atoms with van der Waals surface area (Å²) in [5, 5.41) is 10.7. The Morgan fingerprint density at radius 3 is 2.20 bits per heavy atom. The molecule has 160 valence electrons. The zero-order valence-corrected chi connectivity index (χ0v) is 18.2. The van der Waals surface area contributed by atoms with Crippen LogP contribution in [0.5, 0.6) is 0 Å². The Labute approximate surface area is 180 Å². The number of rotatable bonds is 7. The van der Waals surface area contributed by atoms with Gasteiger partial charge in [-0.05, 0) is 24.6 Å². The number of nitrogens with zero attached hydrogens (tertiary/aromatic N) is 3. The van der Waals surface area contributed by atoms with Gasteiger partial charge < -0.3 is 4.90 Å². The molecule has 0 aliphatic carbocycles. The van der Waals surface area contributed by atoms with Crippen molar-refractivity contribution < 1.29 is 18.1 Å². The second-order valence-corrected chi connectivity index (χ2v) is 9.94. The highest BCUT2D eigenvalue weighted by Gasteiger charge is 2.29. The number of hydrogen-bond acceptors (Lipinski definition) is 6. The molecule has 3 rings (SSSR count). The molecule has 1 heterocycles. The number of hydrogen-bond donors (Lipinski definition) is 0. The second kappa shape index (κ2) is 9.59. The molecule has 1 aliphatic rings. The summed E-state index contributed by atoms with van der Waals surface area (Å²) in [7, 11) is -3.55. The monoisotopic (exact) mass is 449 g/mol. The lowest BCUT2D eigenvalue weighted by Gasteiger charge is -2.34. The minimum atomic E-state index is -3.55. The number of non-ortho nitro benzene ring substituents is 1. The number of carbonyl (C=O) groups is 1. The van der Waals surface area contributed by atoms with Gasteiger partial charge in [0.25, 0.3) is 5.69 Å². The minimum absolute atomic E-state index is 0.0331. The fourth-order valence-electron chi connectivity index (χ4n) is 3.10. The lowest BCUT2D eigenvalue weighted by molar-refractivity contribution is -0.384. The predicted molar refractivity (Wildman–Crippen MR) is 116 cm³/mol. The largest absolute Gasteiger partial charge is 0.339 e. The van der Waals surface area contributed by atoms with Crippen molar-refractivity contribution in [2.24, 2.45) is 0 Å². The Kier molecular flexibility index (Phi) is 7.11. The van der Waals surface area contributed by atoms with Gasteiger partial charge in [0, 0.05) is 44.1 Å². The number of piperazine rings is 1. The summed E-state index contributed by atoms with van der Waals surface area (Å²) in [6.45, 7) is 3.17. The minimum Gasteiger partial charge on any atom is -0.339 e. The van der Waals surface area contributed by atoms with Crippen LogP contribution in [-0.4, -0.2) is 60.4 Å². The topological polar surface area (TPSA) is 101 Å². The standard InChI is InChI=1S/C20H23N3O5S2/c1-16-2-8-19(9-3-16)30(27,28)22-12-10-21(11-13-22)20(24)15-29-14-17-4-6-18(7-5-17)23(25)26/h2-9H,10-15H2,1H3. The van der Waals surface area contributed by atoms with Gasteiger partial charge in [-0.25, -0.2) is 8.42 Å². The third kappa shape index (κ3) is 5.38. The van der Waals surface area contributed by atoms with Crippen molar-refractivity contribution in [2.75, 3.05) is 31.9 Å². The molecule has 0 saturated carbocycles. The number of sulfonamides is 1. The maximum atomic E-state index is 12.7. The average Bonchev–Trinajstić information content (AvgIpc) is 2.74. The number of carbonyl (C=O) groups excluding carboxylic acids is 1. The van der Waals surface area contributed by atoms with Crippen LogP contribution in [0.15, 0.2) is 53.4 Å². The molecule has 30 heavy (non-hydrogen) atoms. The molecule has 1 aliphatic heterocycles. The van der Waals surface area contributed by atoms with Crippen molar-refractivity contribution >= 4 is 33.4 Å². The van der Waals surface area contributed by atoms with Crippen LogP contribution in [0.1, 0.15) is 11.1 Å². The SMILES string of the molecule is Cc1ccc(S(=O)(=O)N2CCN(C(=O)CSCc3ccc([N+](=O)[O-])cc3)CC2)cc1. The molecule has 0 aromatic heterocycles. The first-order valence-corrected chi connectivity index (χ1v) is 12.0. The van der Waals surface area contributed by atoms with Crippen LogP contribution >= 0.6 is 11.8 Å². The van der Waals surface area contributed by atoms with E-state index >= 15 is 0 Å². The summed E-state index contributed by atoms with van der Waals surface area (Å²) >= 11 is 1.43. The fraction of sp³-hybridized carbons (Fsp3) is 0.350. The lowest BCUT2D eigenvalue weighted by Crippen LogP contribution is -2.50. The van der Waals surface area contributed by atoms with Crippen LogP contribution in [0.3, 0.4) is 0 Å². The molecule has 0 unspecified atom stereocenters. The van der Waals surface area contributed by atoms with E-state index in [0.717, 1.165) is 11.1 Å². The zero-order chi connectivity index (χ0) is 21.7. The van der Waals surface area contributed by atoms with Gasteiger partial charge in [-0.1, -0.05) is 29.8 Å². The van der Waals surface area contributed by atoms with E-state index in [1.165, 1.54) is 28.2 Å². The predicted octanol–water partition coefficient (Wildman–Crippen LogP) is 2.67. The highest BCUT2D eigenvalue weighted by Crippen LogP contribution is 2.20. The van der Waals surface area contributed by atoms with Crippen molar-refractivity contribution in [1.82, 2.24) is 9.21 Å². The Morgan fingerprint density at radius 1 is 1.03 bits per heavy atom. The molecule has 0 spiro atoms. The van der Waals surface area contributed by atoms with Crippen molar-refractivity contribution in [2.45, 2.75) is 17.6 Å². The number of aryl methyl sites for hydroxylation is 1. The van der Waals surface area contributed by atoms with Crippen molar-refractivity contribution in [1.29, 1.82) is 0 Å². The van der Waals surface area contributed by atoms with Crippen LogP contribution in [0.4, 0.5) is 5.69 Å². The van der Waals surface area contributed by atoms with Gasteiger partial charge in [0.2, 0.25) is 15.9 Å². The van der Waals surface area contributed by atoms with E-state index in [4.69, 9.17) is 0 Å². The number of thioether (sulfide) groups is 1. The molecule has 8 nitrogen and oxygen atoms in total. The van der Waals surface area contributed by atoms with Gasteiger partial charge in [-0.2, -0.15) is 4.31 Å². The summed E-state index contributed by atoms with van der Waals surface area (Å²) in [6, 6.07) is 13.0. The summed E-state index contributed by atoms with van der Waals surface area (Å²) in [5.74, 6) is 0.821. The third-order valence-electron chi connectivity index (χ3n) is 4.89. The molecule has 1 saturated heterocycles. The molecule has 2 aromatic carbocycles. The van der Waals surface area contributed by atoms with Crippen LogP contribution in [0.2, 0.25) is 0 Å². The smallest absolute Gasteiger partial charge is 0.269 e. The molecule has 2 aromatic rings. The highest BCUT2D eigenvalue weighted by atomic mass is 32.2. The van der Waals surface area contributed by atoms with Gasteiger partial charge >= 0.3 is 0 Å². The fourth-order valence-corrected chi connectivity index (χ4v) is 5.41. The van der Waals surface area contributed by atoms with Crippen molar-refractivity contribution in [3.8, 4) is 0 Å².